The standard InChI is InChI=1S/C24H24FN3O4/c1-24(18-7-9-19(25)10-8-18)22(31)28(23(32)26-24)15-20(29)27-13-11-17(12-14-27)21(30)16-5-3-2-4-6-16/h2-10,17H,11-15H2,1H3,(H,26,32). The maximum absolute atomic E-state index is 13.2. The number of nitrogens with one attached hydrogen (secondary N) is 1. The summed E-state index contributed by atoms with van der Waals surface area (Å²) < 4.78 is 13.2. The van der Waals surface area contributed by atoms with E-state index in [-0.39, 0.29) is 24.2 Å². The number of ketones is 1. The van der Waals surface area contributed by atoms with E-state index >= 15 is 0 Å². The zero-order valence-electron chi connectivity index (χ0n) is 17.7. The summed E-state index contributed by atoms with van der Waals surface area (Å²) in [4.78, 5) is 53.4. The number of benzene rings is 2. The minimum atomic E-state index is -1.36. The van der Waals surface area contributed by atoms with Crippen LogP contribution in [0.25, 0.3) is 0 Å². The minimum Gasteiger partial charge on any atom is -0.341 e. The number of Topliss-reactive ketones (excluding diaryl/α,β-unsaturated/α-hetero) is 1. The molecule has 2 fully saturated rings. The molecular weight excluding hydrogens is 413 g/mol. The number of amides is 4. The summed E-state index contributed by atoms with van der Waals surface area (Å²) in [6, 6.07) is 13.7. The topological polar surface area (TPSA) is 86.8 Å². The maximum Gasteiger partial charge on any atom is 0.325 e. The Kier molecular flexibility index (Phi) is 5.78. The number of carbonyl (C=O) groups is 4. The van der Waals surface area contributed by atoms with Gasteiger partial charge in [0.25, 0.3) is 5.91 Å². The van der Waals surface area contributed by atoms with Gasteiger partial charge in [-0.15, -0.1) is 0 Å². The Morgan fingerprint density at radius 1 is 1.03 bits per heavy atom. The average molecular weight is 437 g/mol. The molecule has 2 aliphatic heterocycles. The first-order chi connectivity index (χ1) is 15.3. The van der Waals surface area contributed by atoms with E-state index in [1.165, 1.54) is 31.2 Å². The highest BCUT2D eigenvalue weighted by molar-refractivity contribution is 6.09. The Morgan fingerprint density at radius 3 is 2.28 bits per heavy atom. The molecule has 0 bridgehead atoms. The second-order valence-corrected chi connectivity index (χ2v) is 8.34. The van der Waals surface area contributed by atoms with Crippen molar-refractivity contribution in [2.24, 2.45) is 5.92 Å². The van der Waals surface area contributed by atoms with Crippen molar-refractivity contribution in [1.82, 2.24) is 15.1 Å². The SMILES string of the molecule is CC1(c2ccc(F)cc2)NC(=O)N(CC(=O)N2CCC(C(=O)c3ccccc3)CC2)C1=O. The molecule has 0 spiro atoms. The van der Waals surface area contributed by atoms with Gasteiger partial charge in [-0.3, -0.25) is 19.3 Å². The molecule has 166 valence electrons. The second-order valence-electron chi connectivity index (χ2n) is 8.34. The average Bonchev–Trinajstić information content (AvgIpc) is 3.03. The van der Waals surface area contributed by atoms with E-state index < -0.39 is 23.3 Å². The molecule has 0 aliphatic carbocycles. The van der Waals surface area contributed by atoms with E-state index in [4.69, 9.17) is 0 Å². The first kappa shape index (κ1) is 21.7. The van der Waals surface area contributed by atoms with Gasteiger partial charge in [-0.1, -0.05) is 42.5 Å². The predicted molar refractivity (Wildman–Crippen MR) is 114 cm³/mol. The van der Waals surface area contributed by atoms with Gasteiger partial charge in [0.05, 0.1) is 0 Å². The van der Waals surface area contributed by atoms with Gasteiger partial charge < -0.3 is 10.2 Å². The summed E-state index contributed by atoms with van der Waals surface area (Å²) in [6.07, 6.45) is 1.07. The van der Waals surface area contributed by atoms with E-state index in [0.29, 0.717) is 37.1 Å². The summed E-state index contributed by atoms with van der Waals surface area (Å²) in [5.74, 6) is -1.43. The van der Waals surface area contributed by atoms with Crippen LogP contribution < -0.4 is 5.32 Å². The van der Waals surface area contributed by atoms with E-state index in [2.05, 4.69) is 5.32 Å². The van der Waals surface area contributed by atoms with E-state index in [0.717, 1.165) is 4.90 Å². The van der Waals surface area contributed by atoms with Crippen LogP contribution in [0.3, 0.4) is 0 Å². The third-order valence-corrected chi connectivity index (χ3v) is 6.27. The van der Waals surface area contributed by atoms with Crippen LogP contribution in [0.5, 0.6) is 0 Å². The molecule has 7 nitrogen and oxygen atoms in total. The van der Waals surface area contributed by atoms with Crippen molar-refractivity contribution in [3.63, 3.8) is 0 Å². The lowest BCUT2D eigenvalue weighted by Crippen LogP contribution is -2.47. The molecule has 0 radical (unpaired) electrons. The fourth-order valence-corrected chi connectivity index (χ4v) is 4.28. The Hall–Kier alpha value is -3.55. The zero-order valence-corrected chi connectivity index (χ0v) is 17.7. The third kappa shape index (κ3) is 4.00. The van der Waals surface area contributed by atoms with Gasteiger partial charge in [0.1, 0.15) is 17.9 Å². The molecular formula is C24H24FN3O4. The third-order valence-electron chi connectivity index (χ3n) is 6.27. The molecule has 2 saturated heterocycles. The van der Waals surface area contributed by atoms with Crippen LogP contribution in [-0.2, 0) is 15.1 Å². The smallest absolute Gasteiger partial charge is 0.325 e. The molecule has 2 aromatic carbocycles. The summed E-state index contributed by atoms with van der Waals surface area (Å²) in [5, 5.41) is 2.61. The molecule has 2 heterocycles. The molecule has 2 aliphatic rings. The van der Waals surface area contributed by atoms with Crippen LogP contribution >= 0.6 is 0 Å². The number of nitrogens with zero attached hydrogens (tertiary/aromatic N) is 2. The number of piperidine rings is 1. The van der Waals surface area contributed by atoms with Crippen LogP contribution in [0.2, 0.25) is 0 Å². The first-order valence-electron chi connectivity index (χ1n) is 10.6. The van der Waals surface area contributed by atoms with Crippen LogP contribution in [0.15, 0.2) is 54.6 Å². The van der Waals surface area contributed by atoms with E-state index in [9.17, 15) is 23.6 Å². The van der Waals surface area contributed by atoms with Gasteiger partial charge in [0.2, 0.25) is 5.91 Å². The highest BCUT2D eigenvalue weighted by atomic mass is 19.1. The molecule has 0 aromatic heterocycles. The van der Waals surface area contributed by atoms with Gasteiger partial charge in [-0.2, -0.15) is 0 Å². The second kappa shape index (κ2) is 8.53. The number of hydrogen-bond donors (Lipinski definition) is 1. The van der Waals surface area contributed by atoms with Crippen LogP contribution in [0.1, 0.15) is 35.7 Å². The number of hydrogen-bond acceptors (Lipinski definition) is 4. The summed E-state index contributed by atoms with van der Waals surface area (Å²) in [6.45, 7) is 1.94. The maximum atomic E-state index is 13.2. The Bertz CT molecular complexity index is 1050. The Morgan fingerprint density at radius 2 is 1.66 bits per heavy atom. The van der Waals surface area contributed by atoms with Crippen molar-refractivity contribution in [3.05, 3.63) is 71.5 Å². The highest BCUT2D eigenvalue weighted by Gasteiger charge is 2.49. The lowest BCUT2D eigenvalue weighted by molar-refractivity contribution is -0.139. The number of rotatable bonds is 5. The van der Waals surface area contributed by atoms with Crippen LogP contribution in [-0.4, -0.2) is 53.1 Å². The molecule has 32 heavy (non-hydrogen) atoms. The van der Waals surface area contributed by atoms with Crippen molar-refractivity contribution in [2.45, 2.75) is 25.3 Å². The van der Waals surface area contributed by atoms with Gasteiger partial charge in [0.15, 0.2) is 5.78 Å². The van der Waals surface area contributed by atoms with E-state index in [1.54, 1.807) is 17.0 Å². The number of carbonyl (C=O) groups excluding carboxylic acids is 4. The van der Waals surface area contributed by atoms with Gasteiger partial charge in [0, 0.05) is 24.6 Å². The Balaban J connectivity index is 1.37. The van der Waals surface area contributed by atoms with Gasteiger partial charge >= 0.3 is 6.03 Å². The zero-order chi connectivity index (χ0) is 22.9. The minimum absolute atomic E-state index is 0.0712. The lowest BCUT2D eigenvalue weighted by atomic mass is 9.89. The van der Waals surface area contributed by atoms with Crippen molar-refractivity contribution in [1.29, 1.82) is 0 Å². The number of urea groups is 1. The molecule has 1 N–H and O–H groups in total. The monoisotopic (exact) mass is 437 g/mol. The molecule has 0 saturated carbocycles. The summed E-state index contributed by atoms with van der Waals surface area (Å²) >= 11 is 0. The largest absolute Gasteiger partial charge is 0.341 e. The predicted octanol–water partition coefficient (Wildman–Crippen LogP) is 2.71. The molecule has 2 aromatic rings. The summed E-state index contributed by atoms with van der Waals surface area (Å²) in [5.41, 5.74) is -0.260. The van der Waals surface area contributed by atoms with Crippen LogP contribution in [0.4, 0.5) is 9.18 Å². The normalized spacial score (nSPS) is 21.6. The van der Waals surface area contributed by atoms with Gasteiger partial charge in [-0.05, 0) is 37.5 Å². The summed E-state index contributed by atoms with van der Waals surface area (Å²) in [7, 11) is 0. The molecule has 8 heteroatoms. The Labute approximate surface area is 185 Å². The van der Waals surface area contributed by atoms with Crippen LogP contribution in [0, 0.1) is 11.7 Å². The quantitative estimate of drug-likeness (QED) is 0.576. The van der Waals surface area contributed by atoms with Crippen molar-refractivity contribution in [3.8, 4) is 0 Å². The number of halogens is 1. The molecule has 4 rings (SSSR count). The molecule has 1 unspecified atom stereocenters. The molecule has 4 amide bonds. The number of imide groups is 1. The van der Waals surface area contributed by atoms with Crippen molar-refractivity contribution >= 4 is 23.6 Å². The highest BCUT2D eigenvalue weighted by Crippen LogP contribution is 2.29. The van der Waals surface area contributed by atoms with Gasteiger partial charge in [-0.25, -0.2) is 9.18 Å². The number of likely N-dealkylation sites (tertiary alicyclic amines) is 1. The molecule has 1 atom stereocenters. The lowest BCUT2D eigenvalue weighted by Gasteiger charge is -2.32. The first-order valence-corrected chi connectivity index (χ1v) is 10.6. The van der Waals surface area contributed by atoms with Crippen molar-refractivity contribution in [2.75, 3.05) is 19.6 Å². The fourth-order valence-electron chi connectivity index (χ4n) is 4.28. The van der Waals surface area contributed by atoms with E-state index in [1.807, 2.05) is 18.2 Å². The fraction of sp³-hybridized carbons (Fsp3) is 0.333. The van der Waals surface area contributed by atoms with Crippen molar-refractivity contribution < 1.29 is 23.6 Å².